The van der Waals surface area contributed by atoms with E-state index in [1.165, 1.54) is 5.56 Å². The Bertz CT molecular complexity index is 756. The molecule has 9 nitrogen and oxygen atoms in total. The number of carboxylic acid groups (broad SMARTS) is 1. The summed E-state index contributed by atoms with van der Waals surface area (Å²) in [6.45, 7) is 0. The summed E-state index contributed by atoms with van der Waals surface area (Å²) in [6, 6.07) is 10.3. The van der Waals surface area contributed by atoms with E-state index < -0.39 is 32.8 Å². The lowest BCUT2D eigenvalue weighted by molar-refractivity contribution is -0.394. The maximum absolute atomic E-state index is 10.5. The van der Waals surface area contributed by atoms with Crippen molar-refractivity contribution < 1.29 is 24.9 Å². The van der Waals surface area contributed by atoms with Crippen LogP contribution in [0.5, 0.6) is 0 Å². The number of fused-ring (bicyclic) bond motifs is 1. The van der Waals surface area contributed by atoms with E-state index in [1.54, 1.807) is 0 Å². The Morgan fingerprint density at radius 1 is 1.04 bits per heavy atom. The van der Waals surface area contributed by atoms with Crippen molar-refractivity contribution in [3.8, 4) is 0 Å². The van der Waals surface area contributed by atoms with Crippen LogP contribution < -0.4 is 0 Å². The average Bonchev–Trinajstić information content (AvgIpc) is 2.96. The normalized spacial score (nSPS) is 14.8. The quantitative estimate of drug-likeness (QED) is 0.642. The van der Waals surface area contributed by atoms with E-state index in [2.05, 4.69) is 6.07 Å². The van der Waals surface area contributed by atoms with Crippen molar-refractivity contribution >= 4 is 17.3 Å². The van der Waals surface area contributed by atoms with Gasteiger partial charge in [0.15, 0.2) is 0 Å². The molecular weight excluding hydrogens is 332 g/mol. The first-order valence-electron chi connectivity index (χ1n) is 7.22. The second-order valence-electron chi connectivity index (χ2n) is 5.31. The van der Waals surface area contributed by atoms with E-state index in [0.29, 0.717) is 6.07 Å². The first-order chi connectivity index (χ1) is 11.8. The second-order valence-corrected chi connectivity index (χ2v) is 5.31. The molecule has 25 heavy (non-hydrogen) atoms. The molecule has 1 unspecified atom stereocenters. The van der Waals surface area contributed by atoms with Crippen molar-refractivity contribution in [2.75, 3.05) is 0 Å². The number of nitrogens with zero attached hydrogens (tertiary/aromatic N) is 2. The third-order valence-corrected chi connectivity index (χ3v) is 3.67. The molecule has 2 aromatic carbocycles. The molecule has 0 heterocycles. The van der Waals surface area contributed by atoms with E-state index >= 15 is 0 Å². The number of nitro benzene ring substituents is 2. The summed E-state index contributed by atoms with van der Waals surface area (Å²) in [7, 11) is 0. The van der Waals surface area contributed by atoms with E-state index in [4.69, 9.17) is 5.11 Å². The molecule has 2 aromatic rings. The number of aryl methyl sites for hydroxylation is 1. The molecule has 0 amide bonds. The highest BCUT2D eigenvalue weighted by Gasteiger charge is 2.19. The molecule has 0 aromatic heterocycles. The highest BCUT2D eigenvalue weighted by atomic mass is 16.6. The Labute approximate surface area is 141 Å². The number of nitro groups is 2. The number of carbonyl (C=O) groups is 1. The summed E-state index contributed by atoms with van der Waals surface area (Å²) >= 11 is 0. The van der Waals surface area contributed by atoms with Crippen molar-refractivity contribution in [2.45, 2.75) is 18.9 Å². The van der Waals surface area contributed by atoms with Crippen molar-refractivity contribution in [2.24, 2.45) is 0 Å². The molecule has 0 bridgehead atoms. The maximum Gasteiger partial charge on any atom is 0.336 e. The third kappa shape index (κ3) is 4.36. The van der Waals surface area contributed by atoms with Gasteiger partial charge in [-0.15, -0.1) is 0 Å². The van der Waals surface area contributed by atoms with Crippen molar-refractivity contribution in [3.63, 3.8) is 0 Å². The van der Waals surface area contributed by atoms with E-state index in [-0.39, 0.29) is 6.10 Å². The van der Waals surface area contributed by atoms with Crippen LogP contribution in [0.3, 0.4) is 0 Å². The van der Waals surface area contributed by atoms with Gasteiger partial charge in [-0.1, -0.05) is 24.3 Å². The zero-order valence-electron chi connectivity index (χ0n) is 12.9. The van der Waals surface area contributed by atoms with Crippen LogP contribution in [0.15, 0.2) is 42.5 Å². The monoisotopic (exact) mass is 346 g/mol. The van der Waals surface area contributed by atoms with Crippen LogP contribution in [0.25, 0.3) is 0 Å². The lowest BCUT2D eigenvalue weighted by Crippen LogP contribution is -2.00. The van der Waals surface area contributed by atoms with Crippen LogP contribution in [0.2, 0.25) is 0 Å². The molecule has 0 aliphatic heterocycles. The minimum Gasteiger partial charge on any atom is -0.478 e. The van der Waals surface area contributed by atoms with Crippen molar-refractivity contribution in [3.05, 3.63) is 79.4 Å². The first-order valence-corrected chi connectivity index (χ1v) is 7.22. The largest absolute Gasteiger partial charge is 0.478 e. The van der Waals surface area contributed by atoms with E-state index in [9.17, 15) is 30.1 Å². The zero-order valence-corrected chi connectivity index (χ0v) is 12.9. The molecule has 0 radical (unpaired) electrons. The molecule has 0 spiro atoms. The summed E-state index contributed by atoms with van der Waals surface area (Å²) in [6.07, 6.45) is 1.74. The Hall–Kier alpha value is -3.33. The van der Waals surface area contributed by atoms with Gasteiger partial charge in [-0.05, 0) is 24.0 Å². The highest BCUT2D eigenvalue weighted by molar-refractivity contribution is 5.89. The fourth-order valence-electron chi connectivity index (χ4n) is 2.46. The maximum atomic E-state index is 10.5. The standard InChI is InChI=1S/C9H10O.C7H4N2O6/c10-9-6-5-7-3-1-2-4-8(7)9;10-7(11)4-1-5(8(12)13)3-6(2-4)9(14)15/h1-4,9-10H,5-6H2;1-3H,(H,10,11). The number of carboxylic acids is 1. The predicted octanol–water partition coefficient (Wildman–Crippen LogP) is 2.87. The van der Waals surface area contributed by atoms with E-state index in [1.807, 2.05) is 18.2 Å². The van der Waals surface area contributed by atoms with E-state index in [0.717, 1.165) is 30.5 Å². The average molecular weight is 346 g/mol. The lowest BCUT2D eigenvalue weighted by atomic mass is 10.1. The molecule has 0 saturated heterocycles. The van der Waals surface area contributed by atoms with Gasteiger partial charge in [0.1, 0.15) is 0 Å². The minimum absolute atomic E-state index is 0.198. The molecular formula is C16H14N2O7. The Morgan fingerprint density at radius 3 is 2.08 bits per heavy atom. The highest BCUT2D eigenvalue weighted by Crippen LogP contribution is 2.29. The van der Waals surface area contributed by atoms with Gasteiger partial charge >= 0.3 is 5.97 Å². The van der Waals surface area contributed by atoms with Gasteiger partial charge in [0, 0.05) is 12.1 Å². The van der Waals surface area contributed by atoms with Crippen LogP contribution in [0, 0.1) is 20.2 Å². The van der Waals surface area contributed by atoms with Gasteiger partial charge in [0.25, 0.3) is 11.4 Å². The number of aliphatic hydroxyl groups excluding tert-OH is 1. The SMILES string of the molecule is O=C(O)c1cc([N+](=O)[O-])cc([N+](=O)[O-])c1.OC1CCc2ccccc21. The molecule has 1 aliphatic carbocycles. The summed E-state index contributed by atoms with van der Waals surface area (Å²) in [5, 5.41) is 38.6. The Morgan fingerprint density at radius 2 is 1.60 bits per heavy atom. The molecule has 9 heteroatoms. The first kappa shape index (κ1) is 18.0. The number of hydrogen-bond donors (Lipinski definition) is 2. The number of aliphatic hydroxyl groups is 1. The van der Waals surface area contributed by atoms with Crippen LogP contribution in [-0.4, -0.2) is 26.0 Å². The third-order valence-electron chi connectivity index (χ3n) is 3.67. The lowest BCUT2D eigenvalue weighted by Gasteiger charge is -2.00. The topological polar surface area (TPSA) is 144 Å². The van der Waals surface area contributed by atoms with Gasteiger partial charge in [-0.2, -0.15) is 0 Å². The van der Waals surface area contributed by atoms with Crippen LogP contribution in [0.4, 0.5) is 11.4 Å². The molecule has 0 fully saturated rings. The number of hydrogen-bond acceptors (Lipinski definition) is 6. The van der Waals surface area contributed by atoms with Crippen molar-refractivity contribution in [1.29, 1.82) is 0 Å². The molecule has 3 rings (SSSR count). The van der Waals surface area contributed by atoms with Crippen LogP contribution >= 0.6 is 0 Å². The molecule has 0 saturated carbocycles. The predicted molar refractivity (Wildman–Crippen MR) is 86.4 cm³/mol. The minimum atomic E-state index is -1.46. The number of rotatable bonds is 3. The molecule has 1 aliphatic rings. The fraction of sp³-hybridized carbons (Fsp3) is 0.188. The van der Waals surface area contributed by atoms with Crippen molar-refractivity contribution in [1.82, 2.24) is 0 Å². The number of benzene rings is 2. The van der Waals surface area contributed by atoms with Gasteiger partial charge in [0.05, 0.1) is 27.6 Å². The van der Waals surface area contributed by atoms with Gasteiger partial charge in [0.2, 0.25) is 0 Å². The molecule has 130 valence electrons. The van der Waals surface area contributed by atoms with Gasteiger partial charge in [-0.25, -0.2) is 4.79 Å². The summed E-state index contributed by atoms with van der Waals surface area (Å²) in [5.41, 5.74) is 0.705. The molecule has 2 N–H and O–H groups in total. The van der Waals surface area contributed by atoms with Crippen LogP contribution in [0.1, 0.15) is 34.0 Å². The van der Waals surface area contributed by atoms with Gasteiger partial charge < -0.3 is 10.2 Å². The number of non-ortho nitro benzene ring substituents is 2. The smallest absolute Gasteiger partial charge is 0.336 e. The Balaban J connectivity index is 0.000000194. The van der Waals surface area contributed by atoms with Crippen LogP contribution in [-0.2, 0) is 6.42 Å². The summed E-state index contributed by atoms with van der Waals surface area (Å²) < 4.78 is 0. The van der Waals surface area contributed by atoms with Gasteiger partial charge in [-0.3, -0.25) is 20.2 Å². The Kier molecular flexibility index (Phi) is 5.40. The summed E-state index contributed by atoms with van der Waals surface area (Å²) in [4.78, 5) is 29.4. The second kappa shape index (κ2) is 7.49. The molecule has 1 atom stereocenters. The summed E-state index contributed by atoms with van der Waals surface area (Å²) in [5.74, 6) is -1.46. The fourth-order valence-corrected chi connectivity index (χ4v) is 2.46. The number of aromatic carboxylic acids is 1. The zero-order chi connectivity index (χ0) is 18.6.